The Labute approximate surface area is 113 Å². The third-order valence-corrected chi connectivity index (χ3v) is 3.04. The van der Waals surface area contributed by atoms with Crippen LogP contribution in [0.2, 0.25) is 0 Å². The van der Waals surface area contributed by atoms with Crippen LogP contribution < -0.4 is 5.73 Å². The molecule has 0 amide bonds. The van der Waals surface area contributed by atoms with E-state index in [-0.39, 0.29) is 5.56 Å². The summed E-state index contributed by atoms with van der Waals surface area (Å²) >= 11 is 0. The van der Waals surface area contributed by atoms with Crippen molar-refractivity contribution in [2.45, 2.75) is 19.1 Å². The van der Waals surface area contributed by atoms with Crippen molar-refractivity contribution in [1.82, 2.24) is 9.78 Å². The van der Waals surface area contributed by atoms with E-state index in [1.54, 1.807) is 20.2 Å². The van der Waals surface area contributed by atoms with E-state index >= 15 is 0 Å². The SMILES string of the molecule is Cc1nn(C)cc1C(N)c1ccc(F)c(C(F)(F)F)c1. The average Bonchev–Trinajstić information content (AvgIpc) is 2.66. The van der Waals surface area contributed by atoms with Gasteiger partial charge in [0.05, 0.1) is 17.3 Å². The molecule has 2 rings (SSSR count). The highest BCUT2D eigenvalue weighted by atomic mass is 19.4. The molecule has 20 heavy (non-hydrogen) atoms. The summed E-state index contributed by atoms with van der Waals surface area (Å²) in [7, 11) is 1.69. The minimum atomic E-state index is -4.75. The highest BCUT2D eigenvalue weighted by molar-refractivity contribution is 5.36. The van der Waals surface area contributed by atoms with Crippen LogP contribution in [0.25, 0.3) is 0 Å². The number of hydrogen-bond donors (Lipinski definition) is 1. The second kappa shape index (κ2) is 4.90. The maximum atomic E-state index is 13.2. The number of hydrogen-bond acceptors (Lipinski definition) is 2. The number of rotatable bonds is 2. The van der Waals surface area contributed by atoms with Gasteiger partial charge in [0, 0.05) is 18.8 Å². The van der Waals surface area contributed by atoms with Crippen molar-refractivity contribution >= 4 is 0 Å². The van der Waals surface area contributed by atoms with Crippen LogP contribution in [0.3, 0.4) is 0 Å². The van der Waals surface area contributed by atoms with Crippen LogP contribution in [0, 0.1) is 12.7 Å². The zero-order valence-corrected chi connectivity index (χ0v) is 10.9. The van der Waals surface area contributed by atoms with E-state index in [9.17, 15) is 17.6 Å². The molecule has 3 nitrogen and oxygen atoms in total. The molecule has 1 heterocycles. The predicted octanol–water partition coefficient (Wildman–Crippen LogP) is 2.93. The van der Waals surface area contributed by atoms with E-state index in [1.165, 1.54) is 10.7 Å². The zero-order valence-electron chi connectivity index (χ0n) is 10.9. The number of alkyl halides is 3. The lowest BCUT2D eigenvalue weighted by Gasteiger charge is -2.14. The summed E-state index contributed by atoms with van der Waals surface area (Å²) in [4.78, 5) is 0. The number of aromatic nitrogens is 2. The molecule has 0 saturated carbocycles. The van der Waals surface area contributed by atoms with Gasteiger partial charge in [0.1, 0.15) is 5.82 Å². The van der Waals surface area contributed by atoms with E-state index in [1.807, 2.05) is 0 Å². The Bertz CT molecular complexity index is 631. The molecule has 1 aromatic carbocycles. The predicted molar refractivity (Wildman–Crippen MR) is 65.4 cm³/mol. The van der Waals surface area contributed by atoms with E-state index in [4.69, 9.17) is 5.73 Å². The largest absolute Gasteiger partial charge is 0.419 e. The summed E-state index contributed by atoms with van der Waals surface area (Å²) in [5.41, 5.74) is 6.05. The number of aryl methyl sites for hydroxylation is 2. The maximum Gasteiger partial charge on any atom is 0.419 e. The molecule has 0 spiro atoms. The van der Waals surface area contributed by atoms with Gasteiger partial charge in [-0.3, -0.25) is 4.68 Å². The Morgan fingerprint density at radius 1 is 1.30 bits per heavy atom. The van der Waals surface area contributed by atoms with Crippen LogP contribution in [-0.4, -0.2) is 9.78 Å². The second-order valence-electron chi connectivity index (χ2n) is 4.56. The summed E-state index contributed by atoms with van der Waals surface area (Å²) in [6.07, 6.45) is -3.11. The Balaban J connectivity index is 2.46. The zero-order chi connectivity index (χ0) is 15.1. The van der Waals surface area contributed by atoms with Gasteiger partial charge in [0.2, 0.25) is 0 Å². The van der Waals surface area contributed by atoms with Gasteiger partial charge in [0.15, 0.2) is 0 Å². The summed E-state index contributed by atoms with van der Waals surface area (Å²) in [5.74, 6) is -1.31. The van der Waals surface area contributed by atoms with Crippen molar-refractivity contribution in [1.29, 1.82) is 0 Å². The van der Waals surface area contributed by atoms with Crippen LogP contribution in [0.5, 0.6) is 0 Å². The van der Waals surface area contributed by atoms with Crippen molar-refractivity contribution < 1.29 is 17.6 Å². The normalized spacial score (nSPS) is 13.6. The molecule has 1 atom stereocenters. The van der Waals surface area contributed by atoms with E-state index in [2.05, 4.69) is 5.10 Å². The second-order valence-corrected chi connectivity index (χ2v) is 4.56. The fourth-order valence-corrected chi connectivity index (χ4v) is 2.06. The van der Waals surface area contributed by atoms with Gasteiger partial charge in [-0.1, -0.05) is 6.07 Å². The Morgan fingerprint density at radius 2 is 1.95 bits per heavy atom. The Hall–Kier alpha value is -1.89. The van der Waals surface area contributed by atoms with Gasteiger partial charge in [-0.25, -0.2) is 4.39 Å². The quantitative estimate of drug-likeness (QED) is 0.863. The van der Waals surface area contributed by atoms with Gasteiger partial charge >= 0.3 is 6.18 Å². The van der Waals surface area contributed by atoms with Gasteiger partial charge in [-0.2, -0.15) is 18.3 Å². The molecule has 7 heteroatoms. The van der Waals surface area contributed by atoms with Crippen LogP contribution in [-0.2, 0) is 13.2 Å². The monoisotopic (exact) mass is 287 g/mol. The van der Waals surface area contributed by atoms with E-state index in [0.29, 0.717) is 11.3 Å². The molecule has 1 aromatic heterocycles. The lowest BCUT2D eigenvalue weighted by atomic mass is 9.98. The third kappa shape index (κ3) is 2.67. The fourth-order valence-electron chi connectivity index (χ4n) is 2.06. The number of nitrogens with two attached hydrogens (primary N) is 1. The van der Waals surface area contributed by atoms with Crippen LogP contribution >= 0.6 is 0 Å². The summed E-state index contributed by atoms with van der Waals surface area (Å²) in [6, 6.07) is 1.99. The molecular formula is C13H13F4N3. The molecule has 0 fully saturated rings. The van der Waals surface area contributed by atoms with Gasteiger partial charge in [-0.05, 0) is 24.6 Å². The van der Waals surface area contributed by atoms with Gasteiger partial charge in [-0.15, -0.1) is 0 Å². The number of benzene rings is 1. The van der Waals surface area contributed by atoms with E-state index < -0.39 is 23.6 Å². The highest BCUT2D eigenvalue weighted by Crippen LogP contribution is 2.33. The first-order chi connectivity index (χ1) is 9.20. The Kier molecular flexibility index (Phi) is 3.56. The molecule has 1 unspecified atom stereocenters. The molecule has 0 saturated heterocycles. The topological polar surface area (TPSA) is 43.8 Å². The first-order valence-electron chi connectivity index (χ1n) is 5.82. The molecule has 0 aliphatic rings. The first kappa shape index (κ1) is 14.5. The molecule has 0 bridgehead atoms. The van der Waals surface area contributed by atoms with Crippen molar-refractivity contribution in [3.05, 3.63) is 52.6 Å². The van der Waals surface area contributed by atoms with Gasteiger partial charge in [0.25, 0.3) is 0 Å². The van der Waals surface area contributed by atoms with Crippen molar-refractivity contribution in [3.63, 3.8) is 0 Å². The number of nitrogens with zero attached hydrogens (tertiary/aromatic N) is 2. The molecule has 0 radical (unpaired) electrons. The summed E-state index contributed by atoms with van der Waals surface area (Å²) in [5, 5.41) is 4.09. The minimum absolute atomic E-state index is 0.190. The lowest BCUT2D eigenvalue weighted by molar-refractivity contribution is -0.140. The number of halogens is 4. The van der Waals surface area contributed by atoms with E-state index in [0.717, 1.165) is 12.1 Å². The van der Waals surface area contributed by atoms with Crippen LogP contribution in [0.1, 0.15) is 28.4 Å². The average molecular weight is 287 g/mol. The molecule has 2 N–H and O–H groups in total. The maximum absolute atomic E-state index is 13.2. The molecule has 108 valence electrons. The fraction of sp³-hybridized carbons (Fsp3) is 0.308. The Morgan fingerprint density at radius 3 is 2.45 bits per heavy atom. The summed E-state index contributed by atoms with van der Waals surface area (Å²) in [6.45, 7) is 1.71. The first-order valence-corrected chi connectivity index (χ1v) is 5.82. The van der Waals surface area contributed by atoms with Crippen molar-refractivity contribution in [2.75, 3.05) is 0 Å². The molecule has 0 aliphatic carbocycles. The third-order valence-electron chi connectivity index (χ3n) is 3.04. The highest BCUT2D eigenvalue weighted by Gasteiger charge is 2.34. The molecule has 0 aliphatic heterocycles. The summed E-state index contributed by atoms with van der Waals surface area (Å²) < 4.78 is 52.8. The van der Waals surface area contributed by atoms with Crippen LogP contribution in [0.4, 0.5) is 17.6 Å². The molecule has 2 aromatic rings. The van der Waals surface area contributed by atoms with Crippen molar-refractivity contribution in [2.24, 2.45) is 12.8 Å². The van der Waals surface area contributed by atoms with Gasteiger partial charge < -0.3 is 5.73 Å². The van der Waals surface area contributed by atoms with Crippen molar-refractivity contribution in [3.8, 4) is 0 Å². The van der Waals surface area contributed by atoms with Crippen LogP contribution in [0.15, 0.2) is 24.4 Å². The minimum Gasteiger partial charge on any atom is -0.320 e. The standard InChI is InChI=1S/C13H13F4N3/c1-7-9(6-20(2)19-7)12(18)8-3-4-11(14)10(5-8)13(15,16)17/h3-6,12H,18H2,1-2H3. The molecular weight excluding hydrogens is 274 g/mol. The lowest BCUT2D eigenvalue weighted by Crippen LogP contribution is -2.15. The smallest absolute Gasteiger partial charge is 0.320 e.